The van der Waals surface area contributed by atoms with E-state index in [4.69, 9.17) is 16.6 Å². The Morgan fingerprint density at radius 3 is 2.75 bits per heavy atom. The molecule has 2 rings (SSSR count). The molecule has 0 radical (unpaired) electrons. The van der Waals surface area contributed by atoms with Crippen LogP contribution >= 0.6 is 24.0 Å². The molecule has 20 heavy (non-hydrogen) atoms. The van der Waals surface area contributed by atoms with E-state index in [1.54, 1.807) is 32.1 Å². The number of aliphatic carboxylic acids is 1. The number of thioether (sulfide) groups is 1. The number of hydrogen-bond donors (Lipinski definition) is 1. The molecule has 2 heterocycles. The summed E-state index contributed by atoms with van der Waals surface area (Å²) >= 11 is 6.38. The summed E-state index contributed by atoms with van der Waals surface area (Å²) in [5.74, 6) is -2.35. The van der Waals surface area contributed by atoms with Crippen LogP contribution in [0, 0.1) is 17.8 Å². The number of carboxylic acids is 1. The number of furan rings is 1. The van der Waals surface area contributed by atoms with Gasteiger partial charge in [0, 0.05) is 0 Å². The highest BCUT2D eigenvalue weighted by Gasteiger charge is 2.45. The first-order valence-electron chi connectivity index (χ1n) is 6.15. The maximum Gasteiger partial charge on any atom is 0.307 e. The molecule has 6 heteroatoms. The van der Waals surface area contributed by atoms with Crippen molar-refractivity contribution in [2.24, 2.45) is 17.8 Å². The fourth-order valence-electron chi connectivity index (χ4n) is 2.21. The summed E-state index contributed by atoms with van der Waals surface area (Å²) in [6, 6.07) is 3.45. The van der Waals surface area contributed by atoms with Crippen LogP contribution in [0.3, 0.4) is 0 Å². The molecular formula is C14H14O4S2. The third-order valence-electron chi connectivity index (χ3n) is 3.17. The number of thiocarbonyl (C=S) groups is 1. The summed E-state index contributed by atoms with van der Waals surface area (Å²) in [6.07, 6.45) is 3.12. The molecule has 0 bridgehead atoms. The van der Waals surface area contributed by atoms with Crippen LogP contribution in [0.4, 0.5) is 0 Å². The van der Waals surface area contributed by atoms with Crippen molar-refractivity contribution in [1.29, 1.82) is 0 Å². The second kappa shape index (κ2) is 5.93. The SMILES string of the molecule is CC(C)C(C(=O)O)C1C(=O)C(=Cc2ccco2)SC1=S. The Labute approximate surface area is 126 Å². The fraction of sp³-hybridized carbons (Fsp3) is 0.357. The lowest BCUT2D eigenvalue weighted by atomic mass is 9.82. The highest BCUT2D eigenvalue weighted by Crippen LogP contribution is 2.41. The topological polar surface area (TPSA) is 67.5 Å². The summed E-state index contributed by atoms with van der Waals surface area (Å²) < 4.78 is 5.59. The van der Waals surface area contributed by atoms with E-state index < -0.39 is 17.8 Å². The monoisotopic (exact) mass is 310 g/mol. The standard InChI is InChI=1S/C14H14O4S2/c1-7(2)10(13(16)17)11-12(15)9(20-14(11)19)6-8-4-3-5-18-8/h3-7,10-11H,1-2H3,(H,16,17). The molecule has 0 aromatic carbocycles. The van der Waals surface area contributed by atoms with E-state index in [0.717, 1.165) is 11.8 Å². The van der Waals surface area contributed by atoms with Gasteiger partial charge in [0.25, 0.3) is 0 Å². The number of ketones is 1. The van der Waals surface area contributed by atoms with E-state index in [1.807, 2.05) is 0 Å². The summed E-state index contributed by atoms with van der Waals surface area (Å²) in [4.78, 5) is 24.2. The van der Waals surface area contributed by atoms with Crippen molar-refractivity contribution < 1.29 is 19.1 Å². The molecule has 0 amide bonds. The van der Waals surface area contributed by atoms with Crippen molar-refractivity contribution >= 4 is 46.0 Å². The highest BCUT2D eigenvalue weighted by atomic mass is 32.2. The summed E-state index contributed by atoms with van der Waals surface area (Å²) in [5, 5.41) is 9.32. The third-order valence-corrected chi connectivity index (χ3v) is 4.67. The van der Waals surface area contributed by atoms with Gasteiger partial charge in [-0.05, 0) is 24.1 Å². The summed E-state index contributed by atoms with van der Waals surface area (Å²) in [5.41, 5.74) is 0. The number of carbonyl (C=O) groups excluding carboxylic acids is 1. The number of hydrogen-bond acceptors (Lipinski definition) is 5. The largest absolute Gasteiger partial charge is 0.481 e. The van der Waals surface area contributed by atoms with Crippen molar-refractivity contribution in [2.75, 3.05) is 0 Å². The molecule has 2 atom stereocenters. The maximum atomic E-state index is 12.4. The lowest BCUT2D eigenvalue weighted by molar-refractivity contribution is -0.146. The molecule has 1 fully saturated rings. The minimum absolute atomic E-state index is 0.164. The molecule has 1 N–H and O–H groups in total. The van der Waals surface area contributed by atoms with Gasteiger partial charge in [0.15, 0.2) is 5.78 Å². The lowest BCUT2D eigenvalue weighted by Crippen LogP contribution is -2.34. The molecule has 4 nitrogen and oxygen atoms in total. The van der Waals surface area contributed by atoms with Crippen molar-refractivity contribution in [3.63, 3.8) is 0 Å². The van der Waals surface area contributed by atoms with Crippen molar-refractivity contribution in [1.82, 2.24) is 0 Å². The maximum absolute atomic E-state index is 12.4. The van der Waals surface area contributed by atoms with Crippen molar-refractivity contribution in [3.8, 4) is 0 Å². The van der Waals surface area contributed by atoms with Gasteiger partial charge >= 0.3 is 5.97 Å². The smallest absolute Gasteiger partial charge is 0.307 e. The van der Waals surface area contributed by atoms with Crippen LogP contribution in [-0.2, 0) is 9.59 Å². The molecule has 2 unspecified atom stereocenters. The highest BCUT2D eigenvalue weighted by molar-refractivity contribution is 8.27. The van der Waals surface area contributed by atoms with E-state index in [1.165, 1.54) is 6.26 Å². The van der Waals surface area contributed by atoms with Gasteiger partial charge in [0.05, 0.1) is 27.2 Å². The van der Waals surface area contributed by atoms with E-state index >= 15 is 0 Å². The first kappa shape index (κ1) is 15.0. The molecule has 1 aromatic rings. The molecule has 1 aromatic heterocycles. The van der Waals surface area contributed by atoms with Crippen LogP contribution in [0.1, 0.15) is 19.6 Å². The normalized spacial score (nSPS) is 22.8. The molecule has 1 aliphatic rings. The molecule has 1 aliphatic heterocycles. The molecule has 106 valence electrons. The van der Waals surface area contributed by atoms with Gasteiger partial charge in [0.2, 0.25) is 0 Å². The quantitative estimate of drug-likeness (QED) is 0.680. The molecule has 0 aliphatic carbocycles. The number of carbonyl (C=O) groups is 2. The predicted octanol–water partition coefficient (Wildman–Crippen LogP) is 3.24. The zero-order valence-electron chi connectivity index (χ0n) is 11.0. The van der Waals surface area contributed by atoms with E-state index in [-0.39, 0.29) is 11.7 Å². The Kier molecular flexibility index (Phi) is 4.45. The lowest BCUT2D eigenvalue weighted by Gasteiger charge is -2.20. The first-order valence-corrected chi connectivity index (χ1v) is 7.38. The Bertz CT molecular complexity index is 572. The van der Waals surface area contributed by atoms with Crippen LogP contribution in [0.25, 0.3) is 6.08 Å². The first-order chi connectivity index (χ1) is 9.41. The minimum atomic E-state index is -0.986. The van der Waals surface area contributed by atoms with Crippen LogP contribution in [0.2, 0.25) is 0 Å². The van der Waals surface area contributed by atoms with Crippen LogP contribution in [0.5, 0.6) is 0 Å². The van der Waals surface area contributed by atoms with Gasteiger partial charge in [-0.3, -0.25) is 9.59 Å². The molecular weight excluding hydrogens is 296 g/mol. The van der Waals surface area contributed by atoms with Gasteiger partial charge in [-0.1, -0.05) is 37.8 Å². The Morgan fingerprint density at radius 1 is 1.55 bits per heavy atom. The van der Waals surface area contributed by atoms with Gasteiger partial charge in [0.1, 0.15) is 5.76 Å². The average molecular weight is 310 g/mol. The minimum Gasteiger partial charge on any atom is -0.481 e. The Balaban J connectivity index is 2.31. The number of carboxylic acid groups (broad SMARTS) is 1. The van der Waals surface area contributed by atoms with Crippen LogP contribution < -0.4 is 0 Å². The van der Waals surface area contributed by atoms with Gasteiger partial charge in [-0.25, -0.2) is 0 Å². The number of rotatable bonds is 4. The van der Waals surface area contributed by atoms with Crippen molar-refractivity contribution in [2.45, 2.75) is 13.8 Å². The van der Waals surface area contributed by atoms with E-state index in [2.05, 4.69) is 0 Å². The Morgan fingerprint density at radius 2 is 2.25 bits per heavy atom. The number of Topliss-reactive ketones (excluding diaryl/α,β-unsaturated/α-hetero) is 1. The van der Waals surface area contributed by atoms with Gasteiger partial charge in [-0.15, -0.1) is 0 Å². The van der Waals surface area contributed by atoms with Gasteiger partial charge < -0.3 is 9.52 Å². The zero-order valence-corrected chi connectivity index (χ0v) is 12.7. The van der Waals surface area contributed by atoms with Crippen LogP contribution in [0.15, 0.2) is 27.7 Å². The summed E-state index contributed by atoms with van der Waals surface area (Å²) in [6.45, 7) is 3.57. The Hall–Kier alpha value is -1.40. The number of allylic oxidation sites excluding steroid dienone is 1. The molecule has 0 spiro atoms. The fourth-order valence-corrected chi connectivity index (χ4v) is 3.73. The average Bonchev–Trinajstić information content (AvgIpc) is 2.93. The zero-order chi connectivity index (χ0) is 14.9. The van der Waals surface area contributed by atoms with Crippen LogP contribution in [-0.4, -0.2) is 21.1 Å². The van der Waals surface area contributed by atoms with E-state index in [9.17, 15) is 14.7 Å². The second-order valence-electron chi connectivity index (χ2n) is 4.90. The van der Waals surface area contributed by atoms with E-state index in [0.29, 0.717) is 14.9 Å². The molecule has 1 saturated heterocycles. The summed E-state index contributed by atoms with van der Waals surface area (Å²) in [7, 11) is 0. The predicted molar refractivity (Wildman–Crippen MR) is 81.3 cm³/mol. The van der Waals surface area contributed by atoms with Gasteiger partial charge in [-0.2, -0.15) is 0 Å². The third kappa shape index (κ3) is 2.86. The molecule has 0 saturated carbocycles. The van der Waals surface area contributed by atoms with Crippen molar-refractivity contribution in [3.05, 3.63) is 29.1 Å². The second-order valence-corrected chi connectivity index (χ2v) is 6.68.